The highest BCUT2D eigenvalue weighted by atomic mass is 16.3. The van der Waals surface area contributed by atoms with Crippen molar-refractivity contribution in [2.24, 2.45) is 4.99 Å². The first-order chi connectivity index (χ1) is 7.95. The molecule has 0 amide bonds. The van der Waals surface area contributed by atoms with Crippen LogP contribution in [0.4, 0.5) is 0 Å². The molecule has 80 valence electrons. The van der Waals surface area contributed by atoms with Gasteiger partial charge in [0, 0.05) is 6.21 Å². The summed E-state index contributed by atoms with van der Waals surface area (Å²) in [5.41, 5.74) is 1.17. The highest BCUT2D eigenvalue weighted by molar-refractivity contribution is 5.78. The van der Waals surface area contributed by atoms with Crippen LogP contribution in [0.3, 0.4) is 0 Å². The highest BCUT2D eigenvalue weighted by Crippen LogP contribution is 2.02. The van der Waals surface area contributed by atoms with Crippen LogP contribution in [0.25, 0.3) is 6.08 Å². The smallest absolute Gasteiger partial charge is 0.125 e. The first kappa shape index (κ1) is 10.4. The van der Waals surface area contributed by atoms with E-state index in [1.165, 1.54) is 5.56 Å². The number of aliphatic imine (C=N–C) groups is 1. The minimum atomic E-state index is 0.589. The van der Waals surface area contributed by atoms with Gasteiger partial charge in [-0.1, -0.05) is 36.4 Å². The quantitative estimate of drug-likeness (QED) is 0.710. The summed E-state index contributed by atoms with van der Waals surface area (Å²) >= 11 is 0. The number of allylic oxidation sites excluding steroid dienone is 1. The van der Waals surface area contributed by atoms with Crippen LogP contribution in [0.2, 0.25) is 0 Å². The molecule has 0 radical (unpaired) electrons. The first-order valence-corrected chi connectivity index (χ1v) is 5.19. The van der Waals surface area contributed by atoms with E-state index in [1.54, 1.807) is 12.5 Å². The van der Waals surface area contributed by atoms with Gasteiger partial charge < -0.3 is 4.42 Å². The Balaban J connectivity index is 1.83. The molecule has 0 aliphatic carbocycles. The molecule has 0 atom stereocenters. The number of furan rings is 1. The maximum absolute atomic E-state index is 5.16. The Kier molecular flexibility index (Phi) is 3.72. The van der Waals surface area contributed by atoms with Crippen LogP contribution in [0.15, 0.2) is 64.2 Å². The average molecular weight is 211 g/mol. The van der Waals surface area contributed by atoms with Crippen LogP contribution >= 0.6 is 0 Å². The molecule has 0 fully saturated rings. The van der Waals surface area contributed by atoms with E-state index in [9.17, 15) is 0 Å². The van der Waals surface area contributed by atoms with Crippen LogP contribution in [-0.4, -0.2) is 6.21 Å². The molecule has 1 aromatic carbocycles. The first-order valence-electron chi connectivity index (χ1n) is 5.19. The van der Waals surface area contributed by atoms with Crippen molar-refractivity contribution < 1.29 is 4.42 Å². The van der Waals surface area contributed by atoms with E-state index in [4.69, 9.17) is 4.42 Å². The molecule has 1 heterocycles. The third-order valence-electron chi connectivity index (χ3n) is 2.11. The zero-order valence-corrected chi connectivity index (χ0v) is 8.91. The second kappa shape index (κ2) is 5.71. The average Bonchev–Trinajstić information content (AvgIpc) is 2.83. The van der Waals surface area contributed by atoms with E-state index in [1.807, 2.05) is 42.5 Å². The second-order valence-corrected chi connectivity index (χ2v) is 3.34. The minimum absolute atomic E-state index is 0.589. The molecule has 1 aromatic heterocycles. The fraction of sp³-hybridized carbons (Fsp3) is 0.0714. The molecule has 2 aromatic rings. The van der Waals surface area contributed by atoms with E-state index in [-0.39, 0.29) is 0 Å². The molecule has 0 unspecified atom stereocenters. The van der Waals surface area contributed by atoms with Crippen molar-refractivity contribution in [3.05, 3.63) is 66.1 Å². The monoisotopic (exact) mass is 211 g/mol. The Hall–Kier alpha value is -2.09. The molecular formula is C14H13NO. The summed E-state index contributed by atoms with van der Waals surface area (Å²) in [4.78, 5) is 4.22. The van der Waals surface area contributed by atoms with Gasteiger partial charge in [-0.2, -0.15) is 0 Å². The van der Waals surface area contributed by atoms with Crippen LogP contribution in [0, 0.1) is 0 Å². The third-order valence-corrected chi connectivity index (χ3v) is 2.11. The lowest BCUT2D eigenvalue weighted by molar-refractivity contribution is 0.513. The Labute approximate surface area is 94.9 Å². The van der Waals surface area contributed by atoms with E-state index >= 15 is 0 Å². The van der Waals surface area contributed by atoms with E-state index in [0.29, 0.717) is 6.54 Å². The predicted octanol–water partition coefficient (Wildman–Crippen LogP) is 3.56. The van der Waals surface area contributed by atoms with E-state index < -0.39 is 0 Å². The van der Waals surface area contributed by atoms with E-state index in [0.717, 1.165) is 5.76 Å². The summed E-state index contributed by atoms with van der Waals surface area (Å²) in [5.74, 6) is 0.879. The summed E-state index contributed by atoms with van der Waals surface area (Å²) in [6.07, 6.45) is 7.39. The topological polar surface area (TPSA) is 25.5 Å². The molecule has 0 bridgehead atoms. The molecule has 0 aliphatic rings. The van der Waals surface area contributed by atoms with Gasteiger partial charge in [0.15, 0.2) is 0 Å². The molecule has 0 aliphatic heterocycles. The van der Waals surface area contributed by atoms with Gasteiger partial charge in [-0.15, -0.1) is 0 Å². The van der Waals surface area contributed by atoms with Crippen LogP contribution in [-0.2, 0) is 6.54 Å². The van der Waals surface area contributed by atoms with Gasteiger partial charge in [-0.25, -0.2) is 0 Å². The number of nitrogens with zero attached hydrogens (tertiary/aromatic N) is 1. The molecule has 2 rings (SSSR count). The molecule has 2 nitrogen and oxygen atoms in total. The molecule has 0 saturated heterocycles. The van der Waals surface area contributed by atoms with Crippen molar-refractivity contribution in [2.75, 3.05) is 0 Å². The van der Waals surface area contributed by atoms with Gasteiger partial charge in [0.2, 0.25) is 0 Å². The van der Waals surface area contributed by atoms with E-state index in [2.05, 4.69) is 17.1 Å². The predicted molar refractivity (Wildman–Crippen MR) is 66.4 cm³/mol. The van der Waals surface area contributed by atoms with Gasteiger partial charge in [-0.3, -0.25) is 4.99 Å². The standard InChI is InChI=1S/C14H13NO/c1-2-6-13(7-3-1)8-4-10-15-12-14-9-5-11-16-14/h1-11H,12H2/b8-4-,15-10?. The summed E-state index contributed by atoms with van der Waals surface area (Å²) < 4.78 is 5.16. The molecule has 0 saturated carbocycles. The third kappa shape index (κ3) is 3.24. The molecule has 16 heavy (non-hydrogen) atoms. The summed E-state index contributed by atoms with van der Waals surface area (Å²) in [6.45, 7) is 0.589. The Bertz CT molecular complexity index is 455. The van der Waals surface area contributed by atoms with Gasteiger partial charge >= 0.3 is 0 Å². The Morgan fingerprint density at radius 2 is 1.94 bits per heavy atom. The fourth-order valence-electron chi connectivity index (χ4n) is 1.32. The molecule has 0 spiro atoms. The van der Waals surface area contributed by atoms with Gasteiger partial charge in [-0.05, 0) is 23.8 Å². The summed E-state index contributed by atoms with van der Waals surface area (Å²) in [7, 11) is 0. The highest BCUT2D eigenvalue weighted by Gasteiger charge is 1.89. The van der Waals surface area contributed by atoms with Crippen LogP contribution < -0.4 is 0 Å². The van der Waals surface area contributed by atoms with Gasteiger partial charge in [0.25, 0.3) is 0 Å². The van der Waals surface area contributed by atoms with Crippen molar-refractivity contribution in [1.82, 2.24) is 0 Å². The van der Waals surface area contributed by atoms with Crippen molar-refractivity contribution >= 4 is 12.3 Å². The van der Waals surface area contributed by atoms with Crippen molar-refractivity contribution in [2.45, 2.75) is 6.54 Å². The number of hydrogen-bond acceptors (Lipinski definition) is 2. The molecule has 0 N–H and O–H groups in total. The number of rotatable bonds is 4. The zero-order valence-electron chi connectivity index (χ0n) is 8.91. The number of benzene rings is 1. The van der Waals surface area contributed by atoms with Crippen LogP contribution in [0.5, 0.6) is 0 Å². The number of hydrogen-bond donors (Lipinski definition) is 0. The normalized spacial score (nSPS) is 11.5. The fourth-order valence-corrected chi connectivity index (χ4v) is 1.32. The van der Waals surface area contributed by atoms with Gasteiger partial charge in [0.05, 0.1) is 12.8 Å². The van der Waals surface area contributed by atoms with Crippen molar-refractivity contribution in [3.63, 3.8) is 0 Å². The SMILES string of the molecule is C(/C=C\c1ccccc1)=NCc1ccco1. The lowest BCUT2D eigenvalue weighted by Crippen LogP contribution is -1.75. The second-order valence-electron chi connectivity index (χ2n) is 3.34. The molecule has 2 heteroatoms. The lowest BCUT2D eigenvalue weighted by Gasteiger charge is -1.89. The molecular weight excluding hydrogens is 198 g/mol. The minimum Gasteiger partial charge on any atom is -0.467 e. The summed E-state index contributed by atoms with van der Waals surface area (Å²) in [6, 6.07) is 13.9. The van der Waals surface area contributed by atoms with Crippen LogP contribution in [0.1, 0.15) is 11.3 Å². The maximum atomic E-state index is 5.16. The van der Waals surface area contributed by atoms with Crippen molar-refractivity contribution in [1.29, 1.82) is 0 Å². The lowest BCUT2D eigenvalue weighted by atomic mass is 10.2. The maximum Gasteiger partial charge on any atom is 0.125 e. The Morgan fingerprint density at radius 3 is 2.69 bits per heavy atom. The summed E-state index contributed by atoms with van der Waals surface area (Å²) in [5, 5.41) is 0. The zero-order chi connectivity index (χ0) is 11.1. The Morgan fingerprint density at radius 1 is 1.06 bits per heavy atom. The van der Waals surface area contributed by atoms with Gasteiger partial charge in [0.1, 0.15) is 5.76 Å². The van der Waals surface area contributed by atoms with Crippen molar-refractivity contribution in [3.8, 4) is 0 Å². The largest absolute Gasteiger partial charge is 0.467 e.